The Balaban J connectivity index is 1.66. The highest BCUT2D eigenvalue weighted by molar-refractivity contribution is 5.41. The molecule has 5 nitrogen and oxygen atoms in total. The molecule has 1 rings (SSSR count). The minimum atomic E-state index is 0.520. The maximum atomic E-state index is 5.65. The zero-order chi connectivity index (χ0) is 23.7. The van der Waals surface area contributed by atoms with Crippen LogP contribution in [-0.4, -0.2) is 46.2 Å². The number of nitrogens with two attached hydrogens (primary N) is 1. The smallest absolute Gasteiger partial charge is 0.119 e. The van der Waals surface area contributed by atoms with E-state index >= 15 is 0 Å². The molecule has 2 N–H and O–H groups in total. The fourth-order valence-electron chi connectivity index (χ4n) is 3.72. The summed E-state index contributed by atoms with van der Waals surface area (Å²) in [4.78, 5) is 0. The molecule has 0 saturated heterocycles. The molecule has 0 fully saturated rings. The molecule has 0 spiro atoms. The minimum Gasteiger partial charge on any atom is -0.491 e. The topological polar surface area (TPSA) is 62.9 Å². The van der Waals surface area contributed by atoms with Gasteiger partial charge in [-0.15, -0.1) is 0 Å². The van der Waals surface area contributed by atoms with Crippen LogP contribution in [0.25, 0.3) is 0 Å². The molecular weight excluding hydrogens is 414 g/mol. The van der Waals surface area contributed by atoms with E-state index in [9.17, 15) is 0 Å². The number of unbranched alkanes of at least 4 members (excludes halogenated alkanes) is 13. The molecule has 192 valence electrons. The van der Waals surface area contributed by atoms with Crippen molar-refractivity contribution in [3.05, 3.63) is 24.3 Å². The van der Waals surface area contributed by atoms with Gasteiger partial charge in [-0.1, -0.05) is 90.4 Å². The molecule has 0 aromatic heterocycles. The van der Waals surface area contributed by atoms with Crippen molar-refractivity contribution in [1.82, 2.24) is 0 Å². The van der Waals surface area contributed by atoms with E-state index in [0.29, 0.717) is 39.6 Å². The van der Waals surface area contributed by atoms with Crippen LogP contribution in [0.3, 0.4) is 0 Å². The summed E-state index contributed by atoms with van der Waals surface area (Å²) >= 11 is 0. The lowest BCUT2D eigenvalue weighted by Gasteiger charge is -2.08. The van der Waals surface area contributed by atoms with Crippen molar-refractivity contribution in [3.8, 4) is 5.75 Å². The van der Waals surface area contributed by atoms with E-state index in [1.807, 2.05) is 24.3 Å². The van der Waals surface area contributed by atoms with Crippen LogP contribution >= 0.6 is 0 Å². The number of anilines is 1. The van der Waals surface area contributed by atoms with Crippen molar-refractivity contribution in [2.24, 2.45) is 0 Å². The van der Waals surface area contributed by atoms with Crippen LogP contribution in [0.5, 0.6) is 5.75 Å². The molecule has 0 radical (unpaired) electrons. The summed E-state index contributed by atoms with van der Waals surface area (Å²) in [5, 5.41) is 0. The molecule has 0 atom stereocenters. The van der Waals surface area contributed by atoms with Crippen molar-refractivity contribution in [1.29, 1.82) is 0 Å². The van der Waals surface area contributed by atoms with Gasteiger partial charge in [0.1, 0.15) is 12.4 Å². The molecule has 0 aliphatic rings. The van der Waals surface area contributed by atoms with Crippen molar-refractivity contribution in [2.45, 2.75) is 96.8 Å². The zero-order valence-electron chi connectivity index (χ0n) is 21.4. The Morgan fingerprint density at radius 1 is 0.485 bits per heavy atom. The van der Waals surface area contributed by atoms with Crippen LogP contribution in [0.15, 0.2) is 24.3 Å². The third-order valence-corrected chi connectivity index (χ3v) is 5.76. The van der Waals surface area contributed by atoms with Gasteiger partial charge in [0.15, 0.2) is 0 Å². The van der Waals surface area contributed by atoms with Gasteiger partial charge < -0.3 is 24.7 Å². The summed E-state index contributed by atoms with van der Waals surface area (Å²) in [5.74, 6) is 0.806. The highest BCUT2D eigenvalue weighted by atomic mass is 16.6. The Morgan fingerprint density at radius 3 is 1.36 bits per heavy atom. The molecule has 0 aliphatic carbocycles. The van der Waals surface area contributed by atoms with Crippen LogP contribution in [0.4, 0.5) is 5.69 Å². The number of ether oxygens (including phenoxy) is 4. The van der Waals surface area contributed by atoms with Gasteiger partial charge in [0, 0.05) is 12.3 Å². The van der Waals surface area contributed by atoms with Crippen molar-refractivity contribution in [2.75, 3.05) is 52.0 Å². The van der Waals surface area contributed by atoms with Gasteiger partial charge >= 0.3 is 0 Å². The van der Waals surface area contributed by atoms with Crippen molar-refractivity contribution >= 4 is 5.69 Å². The van der Waals surface area contributed by atoms with Crippen LogP contribution < -0.4 is 10.5 Å². The lowest BCUT2D eigenvalue weighted by Crippen LogP contribution is -2.13. The molecule has 0 amide bonds. The minimum absolute atomic E-state index is 0.520. The summed E-state index contributed by atoms with van der Waals surface area (Å²) in [6.07, 6.45) is 19.4. The molecule has 0 bridgehead atoms. The number of rotatable bonds is 25. The third-order valence-electron chi connectivity index (χ3n) is 5.76. The highest BCUT2D eigenvalue weighted by Gasteiger charge is 1.96. The van der Waals surface area contributed by atoms with E-state index in [1.54, 1.807) is 0 Å². The zero-order valence-corrected chi connectivity index (χ0v) is 21.4. The first kappa shape index (κ1) is 29.7. The van der Waals surface area contributed by atoms with E-state index in [2.05, 4.69) is 6.92 Å². The van der Waals surface area contributed by atoms with E-state index < -0.39 is 0 Å². The van der Waals surface area contributed by atoms with Gasteiger partial charge in [0.25, 0.3) is 0 Å². The second-order valence-electron chi connectivity index (χ2n) is 8.85. The van der Waals surface area contributed by atoms with Gasteiger partial charge in [-0.3, -0.25) is 0 Å². The SMILES string of the molecule is CCCCCCCCCCCCCCCCOCCOCCOCCOc1ccc(N)cc1. The summed E-state index contributed by atoms with van der Waals surface area (Å²) in [6.45, 7) is 6.65. The Hall–Kier alpha value is -1.30. The van der Waals surface area contributed by atoms with E-state index in [1.165, 1.54) is 83.5 Å². The fraction of sp³-hybridized carbons (Fsp3) is 0.786. The summed E-state index contributed by atoms with van der Waals surface area (Å²) in [5.41, 5.74) is 6.38. The molecule has 1 aromatic carbocycles. The van der Waals surface area contributed by atoms with Gasteiger partial charge in [0.2, 0.25) is 0 Å². The highest BCUT2D eigenvalue weighted by Crippen LogP contribution is 2.13. The van der Waals surface area contributed by atoms with E-state index in [-0.39, 0.29) is 0 Å². The number of nitrogen functional groups attached to an aromatic ring is 1. The average molecular weight is 466 g/mol. The lowest BCUT2D eigenvalue weighted by atomic mass is 10.0. The van der Waals surface area contributed by atoms with Crippen LogP contribution in [0.2, 0.25) is 0 Å². The van der Waals surface area contributed by atoms with Gasteiger partial charge in [0.05, 0.1) is 33.0 Å². The molecule has 0 aliphatic heterocycles. The Bertz CT molecular complexity index is 509. The monoisotopic (exact) mass is 465 g/mol. The number of benzene rings is 1. The first-order valence-electron chi connectivity index (χ1n) is 13.5. The molecule has 0 saturated carbocycles. The van der Waals surface area contributed by atoms with Crippen molar-refractivity contribution < 1.29 is 18.9 Å². The van der Waals surface area contributed by atoms with Gasteiger partial charge in [-0.2, -0.15) is 0 Å². The largest absolute Gasteiger partial charge is 0.491 e. The predicted octanol–water partition coefficient (Wildman–Crippen LogP) is 7.18. The summed E-state index contributed by atoms with van der Waals surface area (Å²) < 4.78 is 22.2. The van der Waals surface area contributed by atoms with Crippen LogP contribution in [-0.2, 0) is 14.2 Å². The average Bonchev–Trinajstić information content (AvgIpc) is 2.83. The van der Waals surface area contributed by atoms with Crippen LogP contribution in [0, 0.1) is 0 Å². The molecule has 1 aromatic rings. The predicted molar refractivity (Wildman–Crippen MR) is 139 cm³/mol. The fourth-order valence-corrected chi connectivity index (χ4v) is 3.72. The van der Waals surface area contributed by atoms with E-state index in [4.69, 9.17) is 24.7 Å². The molecular formula is C28H51NO4. The maximum absolute atomic E-state index is 5.65. The number of hydrogen-bond acceptors (Lipinski definition) is 5. The second kappa shape index (κ2) is 23.8. The molecule has 0 unspecified atom stereocenters. The Labute approximate surface area is 203 Å². The molecule has 5 heteroatoms. The second-order valence-corrected chi connectivity index (χ2v) is 8.85. The van der Waals surface area contributed by atoms with Crippen LogP contribution in [0.1, 0.15) is 96.8 Å². The van der Waals surface area contributed by atoms with Gasteiger partial charge in [-0.05, 0) is 30.7 Å². The molecule has 0 heterocycles. The van der Waals surface area contributed by atoms with Crippen molar-refractivity contribution in [3.63, 3.8) is 0 Å². The number of hydrogen-bond donors (Lipinski definition) is 1. The standard InChI is InChI=1S/C28H51NO4/c1-2-3-4-5-6-7-8-9-10-11-12-13-14-15-20-30-21-22-31-23-24-32-25-26-33-28-18-16-27(29)17-19-28/h16-19H,2-15,20-26,29H2,1H3. The first-order chi connectivity index (χ1) is 16.3. The Morgan fingerprint density at radius 2 is 0.879 bits per heavy atom. The lowest BCUT2D eigenvalue weighted by molar-refractivity contribution is 0.00878. The maximum Gasteiger partial charge on any atom is 0.119 e. The third kappa shape index (κ3) is 21.0. The summed E-state index contributed by atoms with van der Waals surface area (Å²) in [6, 6.07) is 7.37. The first-order valence-corrected chi connectivity index (χ1v) is 13.5. The summed E-state index contributed by atoms with van der Waals surface area (Å²) in [7, 11) is 0. The Kier molecular flexibility index (Phi) is 21.5. The normalized spacial score (nSPS) is 11.2. The van der Waals surface area contributed by atoms with E-state index in [0.717, 1.165) is 24.5 Å². The van der Waals surface area contributed by atoms with Gasteiger partial charge in [-0.25, -0.2) is 0 Å². The quantitative estimate of drug-likeness (QED) is 0.122. The molecule has 33 heavy (non-hydrogen) atoms.